The molecule has 3 aromatic rings. The lowest BCUT2D eigenvalue weighted by atomic mass is 9.69. The van der Waals surface area contributed by atoms with Crippen LogP contribution in [0.4, 0.5) is 15.8 Å². The number of nitrogens with two attached hydrogens (primary N) is 1. The second kappa shape index (κ2) is 7.41. The first-order valence-electron chi connectivity index (χ1n) is 10.1. The molecule has 0 saturated carbocycles. The zero-order chi connectivity index (χ0) is 20.8. The topological polar surface area (TPSA) is 68.0 Å². The number of fused-ring (bicyclic) bond motifs is 2. The summed E-state index contributed by atoms with van der Waals surface area (Å²) in [6.07, 6.45) is 4.22. The summed E-state index contributed by atoms with van der Waals surface area (Å²) in [5.41, 5.74) is 9.53. The van der Waals surface area contributed by atoms with Crippen LogP contribution in [-0.2, 0) is 12.8 Å². The standard InChI is InChI=1S/C23H26FN3OS/c1-4-23(2,3)14-9-10-17-13(11-14)12-15-19(25)20(29-22(15)27-17)21(28)26-18-8-6-5-7-16(18)24/h5-8,12,14H,4,9-11,25H2,1-3H3,(H,26,28). The van der Waals surface area contributed by atoms with Crippen LogP contribution in [0.1, 0.15) is 54.5 Å². The SMILES string of the molecule is CCC(C)(C)C1CCc2nc3sc(C(=O)Nc4ccccc4F)c(N)c3cc2C1. The van der Waals surface area contributed by atoms with E-state index in [1.807, 2.05) is 0 Å². The summed E-state index contributed by atoms with van der Waals surface area (Å²) in [6, 6.07) is 8.22. The molecule has 2 heterocycles. The molecule has 29 heavy (non-hydrogen) atoms. The molecule has 1 atom stereocenters. The van der Waals surface area contributed by atoms with E-state index in [1.165, 1.54) is 29.0 Å². The van der Waals surface area contributed by atoms with Crippen molar-refractivity contribution in [2.75, 3.05) is 11.1 Å². The first-order chi connectivity index (χ1) is 13.8. The Morgan fingerprint density at radius 2 is 2.14 bits per heavy atom. The predicted molar refractivity (Wildman–Crippen MR) is 118 cm³/mol. The van der Waals surface area contributed by atoms with Crippen molar-refractivity contribution in [2.45, 2.75) is 46.5 Å². The van der Waals surface area contributed by atoms with Crippen molar-refractivity contribution in [1.29, 1.82) is 0 Å². The molecule has 6 heteroatoms. The van der Waals surface area contributed by atoms with E-state index >= 15 is 0 Å². The van der Waals surface area contributed by atoms with E-state index in [2.05, 4.69) is 32.2 Å². The van der Waals surface area contributed by atoms with Crippen molar-refractivity contribution >= 4 is 38.8 Å². The maximum absolute atomic E-state index is 13.9. The zero-order valence-corrected chi connectivity index (χ0v) is 17.8. The Morgan fingerprint density at radius 1 is 1.38 bits per heavy atom. The Balaban J connectivity index is 1.66. The fraction of sp³-hybridized carbons (Fsp3) is 0.391. The molecule has 0 aliphatic heterocycles. The molecule has 0 fully saturated rings. The number of anilines is 2. The Morgan fingerprint density at radius 3 is 2.86 bits per heavy atom. The van der Waals surface area contributed by atoms with Gasteiger partial charge in [-0.05, 0) is 54.4 Å². The second-order valence-electron chi connectivity index (χ2n) is 8.51. The lowest BCUT2D eigenvalue weighted by Gasteiger charge is -2.36. The highest BCUT2D eigenvalue weighted by atomic mass is 32.1. The fourth-order valence-electron chi connectivity index (χ4n) is 4.06. The number of para-hydroxylation sites is 1. The number of aromatic nitrogens is 1. The number of amides is 1. The molecule has 0 saturated heterocycles. The minimum absolute atomic E-state index is 0.145. The average Bonchev–Trinajstić information content (AvgIpc) is 3.03. The number of nitrogens with one attached hydrogen (secondary N) is 1. The molecule has 3 N–H and O–H groups in total. The molecule has 0 radical (unpaired) electrons. The van der Waals surface area contributed by atoms with E-state index in [0.29, 0.717) is 16.5 Å². The van der Waals surface area contributed by atoms with Crippen molar-refractivity contribution in [3.05, 3.63) is 52.3 Å². The van der Waals surface area contributed by atoms with Crippen LogP contribution in [0.3, 0.4) is 0 Å². The molecular formula is C23H26FN3OS. The normalized spacial score (nSPS) is 16.6. The van der Waals surface area contributed by atoms with Crippen molar-refractivity contribution in [1.82, 2.24) is 4.98 Å². The molecular weight excluding hydrogens is 385 g/mol. The summed E-state index contributed by atoms with van der Waals surface area (Å²) < 4.78 is 13.9. The molecule has 152 valence electrons. The molecule has 4 nitrogen and oxygen atoms in total. The van der Waals surface area contributed by atoms with Gasteiger partial charge in [0.2, 0.25) is 0 Å². The largest absolute Gasteiger partial charge is 0.397 e. The van der Waals surface area contributed by atoms with Crippen molar-refractivity contribution in [3.8, 4) is 0 Å². The summed E-state index contributed by atoms with van der Waals surface area (Å²) in [5.74, 6) is -0.264. The quantitative estimate of drug-likeness (QED) is 0.569. The lowest BCUT2D eigenvalue weighted by molar-refractivity contribution is 0.103. The highest BCUT2D eigenvalue weighted by molar-refractivity contribution is 7.21. The van der Waals surface area contributed by atoms with Gasteiger partial charge in [-0.1, -0.05) is 39.3 Å². The Kier molecular flexibility index (Phi) is 5.07. The summed E-state index contributed by atoms with van der Waals surface area (Å²) in [5, 5.41) is 3.44. The molecule has 1 unspecified atom stereocenters. The number of nitrogen functional groups attached to an aromatic ring is 1. The van der Waals surface area contributed by atoms with Gasteiger partial charge in [0, 0.05) is 11.1 Å². The van der Waals surface area contributed by atoms with E-state index < -0.39 is 11.7 Å². The molecule has 0 bridgehead atoms. The number of hydrogen-bond donors (Lipinski definition) is 2. The van der Waals surface area contributed by atoms with Crippen molar-refractivity contribution < 1.29 is 9.18 Å². The average molecular weight is 412 g/mol. The van der Waals surface area contributed by atoms with Crippen LogP contribution in [0.2, 0.25) is 0 Å². The third kappa shape index (κ3) is 3.62. The minimum Gasteiger partial charge on any atom is -0.397 e. The highest BCUT2D eigenvalue weighted by Gasteiger charge is 2.32. The Hall–Kier alpha value is -2.47. The van der Waals surface area contributed by atoms with Gasteiger partial charge in [0.25, 0.3) is 5.91 Å². The molecule has 1 aliphatic carbocycles. The van der Waals surface area contributed by atoms with Gasteiger partial charge in [0.1, 0.15) is 15.5 Å². The van der Waals surface area contributed by atoms with Crippen molar-refractivity contribution in [3.63, 3.8) is 0 Å². The number of rotatable bonds is 4. The minimum atomic E-state index is -0.473. The third-order valence-electron chi connectivity index (χ3n) is 6.43. The number of halogens is 1. The van der Waals surface area contributed by atoms with E-state index in [0.717, 1.165) is 41.6 Å². The first-order valence-corrected chi connectivity index (χ1v) is 10.9. The maximum Gasteiger partial charge on any atom is 0.268 e. The van der Waals surface area contributed by atoms with Crippen LogP contribution in [0.15, 0.2) is 30.3 Å². The monoisotopic (exact) mass is 411 g/mol. The number of nitrogens with zero attached hydrogens (tertiary/aromatic N) is 1. The van der Waals surface area contributed by atoms with E-state index in [9.17, 15) is 9.18 Å². The summed E-state index contributed by atoms with van der Waals surface area (Å²) in [7, 11) is 0. The summed E-state index contributed by atoms with van der Waals surface area (Å²) >= 11 is 1.27. The molecule has 1 aliphatic rings. The molecule has 4 rings (SSSR count). The Bertz CT molecular complexity index is 1090. The molecule has 0 spiro atoms. The van der Waals surface area contributed by atoms with Crippen LogP contribution in [0.5, 0.6) is 0 Å². The fourth-order valence-corrected chi connectivity index (χ4v) is 5.05. The molecule has 2 aromatic heterocycles. The number of benzene rings is 1. The molecule has 1 aromatic carbocycles. The zero-order valence-electron chi connectivity index (χ0n) is 17.0. The number of thiophene rings is 1. The van der Waals surface area contributed by atoms with Gasteiger partial charge in [-0.25, -0.2) is 9.37 Å². The van der Waals surface area contributed by atoms with Crippen LogP contribution in [0.25, 0.3) is 10.2 Å². The van der Waals surface area contributed by atoms with Crippen LogP contribution in [-0.4, -0.2) is 10.9 Å². The summed E-state index contributed by atoms with van der Waals surface area (Å²) in [6.45, 7) is 6.91. The van der Waals surface area contributed by atoms with Gasteiger partial charge >= 0.3 is 0 Å². The van der Waals surface area contributed by atoms with Crippen LogP contribution >= 0.6 is 11.3 Å². The number of aryl methyl sites for hydroxylation is 1. The van der Waals surface area contributed by atoms with Gasteiger partial charge in [0.05, 0.1) is 11.4 Å². The van der Waals surface area contributed by atoms with E-state index in [4.69, 9.17) is 10.7 Å². The second-order valence-corrected chi connectivity index (χ2v) is 9.51. The van der Waals surface area contributed by atoms with E-state index in [1.54, 1.807) is 12.1 Å². The number of hydrogen-bond acceptors (Lipinski definition) is 4. The van der Waals surface area contributed by atoms with Crippen LogP contribution in [0, 0.1) is 17.2 Å². The third-order valence-corrected chi connectivity index (χ3v) is 7.54. The van der Waals surface area contributed by atoms with Gasteiger partial charge < -0.3 is 11.1 Å². The lowest BCUT2D eigenvalue weighted by Crippen LogP contribution is -2.29. The van der Waals surface area contributed by atoms with Crippen LogP contribution < -0.4 is 11.1 Å². The summed E-state index contributed by atoms with van der Waals surface area (Å²) in [4.78, 5) is 18.7. The van der Waals surface area contributed by atoms with Gasteiger partial charge in [-0.2, -0.15) is 0 Å². The number of carbonyl (C=O) groups is 1. The highest BCUT2D eigenvalue weighted by Crippen LogP contribution is 2.42. The number of carbonyl (C=O) groups excluding carboxylic acids is 1. The molecule has 1 amide bonds. The van der Waals surface area contributed by atoms with E-state index in [-0.39, 0.29) is 11.1 Å². The van der Waals surface area contributed by atoms with Gasteiger partial charge in [-0.15, -0.1) is 11.3 Å². The maximum atomic E-state index is 13.9. The van der Waals surface area contributed by atoms with Crippen molar-refractivity contribution in [2.24, 2.45) is 11.3 Å². The first kappa shape index (κ1) is 19.8. The van der Waals surface area contributed by atoms with Gasteiger partial charge in [-0.3, -0.25) is 4.79 Å². The smallest absolute Gasteiger partial charge is 0.268 e. The Labute approximate surface area is 174 Å². The number of pyridine rings is 1. The predicted octanol–water partition coefficient (Wildman–Crippen LogP) is 5.81. The van der Waals surface area contributed by atoms with Gasteiger partial charge in [0.15, 0.2) is 0 Å².